The molecule has 0 bridgehead atoms. The number of fused-ring (bicyclic) bond motifs is 1. The molecule has 4 aromatic rings. The van der Waals surface area contributed by atoms with Crippen LogP contribution in [0, 0.1) is 0 Å². The highest BCUT2D eigenvalue weighted by molar-refractivity contribution is 7.13. The zero-order chi connectivity index (χ0) is 20.7. The molecule has 0 saturated carbocycles. The lowest BCUT2D eigenvalue weighted by molar-refractivity contribution is 0.174. The number of aromatic nitrogens is 4. The van der Waals surface area contributed by atoms with Gasteiger partial charge in [-0.05, 0) is 18.2 Å². The molecule has 0 aliphatic carbocycles. The van der Waals surface area contributed by atoms with Gasteiger partial charge in [-0.15, -0.1) is 16.4 Å². The minimum absolute atomic E-state index is 0.232. The number of nitrogen functional groups attached to an aromatic ring is 1. The van der Waals surface area contributed by atoms with Crippen LogP contribution in [0.2, 0.25) is 0 Å². The summed E-state index contributed by atoms with van der Waals surface area (Å²) in [4.78, 5) is 4.69. The first-order valence-corrected chi connectivity index (χ1v) is 9.85. The Bertz CT molecular complexity index is 1210. The van der Waals surface area contributed by atoms with Crippen molar-refractivity contribution in [2.24, 2.45) is 0 Å². The van der Waals surface area contributed by atoms with Crippen molar-refractivity contribution < 1.29 is 18.9 Å². The maximum atomic E-state index is 6.36. The highest BCUT2D eigenvalue weighted by Gasteiger charge is 2.19. The molecule has 3 heterocycles. The van der Waals surface area contributed by atoms with Crippen LogP contribution in [0.4, 0.5) is 5.82 Å². The summed E-state index contributed by atoms with van der Waals surface area (Å²) in [5, 5.41) is 11.1. The molecule has 152 valence electrons. The Balaban J connectivity index is 1.49. The van der Waals surface area contributed by atoms with E-state index in [4.69, 9.17) is 24.7 Å². The van der Waals surface area contributed by atoms with Crippen molar-refractivity contribution in [3.05, 3.63) is 41.8 Å². The van der Waals surface area contributed by atoms with Gasteiger partial charge in [0, 0.05) is 29.1 Å². The van der Waals surface area contributed by atoms with E-state index in [1.165, 1.54) is 16.0 Å². The van der Waals surface area contributed by atoms with Crippen molar-refractivity contribution in [3.63, 3.8) is 0 Å². The first-order valence-electron chi connectivity index (χ1n) is 8.97. The Hall–Kier alpha value is -3.79. The summed E-state index contributed by atoms with van der Waals surface area (Å²) in [6, 6.07) is 11.1. The molecule has 2 N–H and O–H groups in total. The quantitative estimate of drug-likeness (QED) is 0.521. The van der Waals surface area contributed by atoms with Crippen molar-refractivity contribution in [1.29, 1.82) is 0 Å². The fraction of sp³-hybridized carbons (Fsp3) is 0.150. The van der Waals surface area contributed by atoms with E-state index in [2.05, 4.69) is 15.3 Å². The third-order valence-corrected chi connectivity index (χ3v) is 5.51. The van der Waals surface area contributed by atoms with Crippen LogP contribution in [-0.4, -0.2) is 41.0 Å². The summed E-state index contributed by atoms with van der Waals surface area (Å²) in [5.74, 6) is 3.06. The van der Waals surface area contributed by atoms with Gasteiger partial charge in [-0.1, -0.05) is 5.21 Å². The van der Waals surface area contributed by atoms with E-state index in [-0.39, 0.29) is 6.79 Å². The van der Waals surface area contributed by atoms with Crippen LogP contribution < -0.4 is 24.7 Å². The Labute approximate surface area is 175 Å². The number of ether oxygens (including phenoxy) is 4. The molecule has 0 unspecified atom stereocenters. The predicted octanol–water partition coefficient (Wildman–Crippen LogP) is 3.39. The SMILES string of the molecule is COc1cc(OC)cc(-n2nnc(-c3nc(-c4ccc5c(c4)OCO5)cs3)c2N)c1. The van der Waals surface area contributed by atoms with Gasteiger partial charge in [0.25, 0.3) is 0 Å². The van der Waals surface area contributed by atoms with E-state index < -0.39 is 0 Å². The van der Waals surface area contributed by atoms with Gasteiger partial charge >= 0.3 is 0 Å². The molecule has 0 atom stereocenters. The standard InChI is InChI=1S/C20H17N5O4S/c1-26-13-6-12(7-14(8-13)27-2)25-19(21)18(23-24-25)20-22-15(9-30-20)11-3-4-16-17(5-11)29-10-28-16/h3-9H,10,21H2,1-2H3. The van der Waals surface area contributed by atoms with Gasteiger partial charge in [0.15, 0.2) is 23.0 Å². The number of hydrogen-bond acceptors (Lipinski definition) is 9. The molecule has 10 heteroatoms. The van der Waals surface area contributed by atoms with Gasteiger partial charge in [-0.2, -0.15) is 4.68 Å². The Morgan fingerprint density at radius 1 is 1.03 bits per heavy atom. The van der Waals surface area contributed by atoms with Crippen molar-refractivity contribution in [2.75, 3.05) is 26.7 Å². The van der Waals surface area contributed by atoms with Gasteiger partial charge in [0.2, 0.25) is 6.79 Å². The predicted molar refractivity (Wildman–Crippen MR) is 112 cm³/mol. The van der Waals surface area contributed by atoms with E-state index in [0.717, 1.165) is 17.0 Å². The number of nitrogens with zero attached hydrogens (tertiary/aromatic N) is 4. The second-order valence-electron chi connectivity index (χ2n) is 6.41. The fourth-order valence-electron chi connectivity index (χ4n) is 3.12. The highest BCUT2D eigenvalue weighted by Crippen LogP contribution is 2.38. The number of thiazole rings is 1. The summed E-state index contributed by atoms with van der Waals surface area (Å²) < 4.78 is 23.0. The van der Waals surface area contributed by atoms with Gasteiger partial charge < -0.3 is 24.7 Å². The molecule has 5 rings (SSSR count). The number of rotatable bonds is 5. The third kappa shape index (κ3) is 3.07. The summed E-state index contributed by atoms with van der Waals surface area (Å²) in [5.41, 5.74) is 9.26. The summed E-state index contributed by atoms with van der Waals surface area (Å²) >= 11 is 1.44. The number of hydrogen-bond donors (Lipinski definition) is 1. The maximum absolute atomic E-state index is 6.36. The molecular formula is C20H17N5O4S. The van der Waals surface area contributed by atoms with Gasteiger partial charge in [-0.25, -0.2) is 4.98 Å². The second-order valence-corrected chi connectivity index (χ2v) is 7.27. The number of anilines is 1. The lowest BCUT2D eigenvalue weighted by Gasteiger charge is -2.09. The highest BCUT2D eigenvalue weighted by atomic mass is 32.1. The van der Waals surface area contributed by atoms with Crippen LogP contribution in [0.5, 0.6) is 23.0 Å². The summed E-state index contributed by atoms with van der Waals surface area (Å²) in [6.45, 7) is 0.232. The number of benzene rings is 2. The van der Waals surface area contributed by atoms with Crippen LogP contribution in [-0.2, 0) is 0 Å². The molecule has 2 aromatic heterocycles. The largest absolute Gasteiger partial charge is 0.497 e. The van der Waals surface area contributed by atoms with Gasteiger partial charge in [-0.3, -0.25) is 0 Å². The van der Waals surface area contributed by atoms with Crippen molar-refractivity contribution in [2.45, 2.75) is 0 Å². The number of nitrogens with two attached hydrogens (primary N) is 1. The van der Waals surface area contributed by atoms with Crippen LogP contribution in [0.3, 0.4) is 0 Å². The zero-order valence-corrected chi connectivity index (χ0v) is 17.0. The first-order chi connectivity index (χ1) is 14.7. The van der Waals surface area contributed by atoms with Crippen LogP contribution in [0.1, 0.15) is 0 Å². The van der Waals surface area contributed by atoms with Crippen molar-refractivity contribution in [1.82, 2.24) is 20.0 Å². The second kappa shape index (κ2) is 7.23. The minimum atomic E-state index is 0.232. The molecule has 30 heavy (non-hydrogen) atoms. The lowest BCUT2D eigenvalue weighted by Crippen LogP contribution is -2.03. The van der Waals surface area contributed by atoms with Gasteiger partial charge in [0.05, 0.1) is 25.6 Å². The molecule has 2 aromatic carbocycles. The van der Waals surface area contributed by atoms with Crippen LogP contribution in [0.25, 0.3) is 27.6 Å². The average Bonchev–Trinajstić information content (AvgIpc) is 3.51. The van der Waals surface area contributed by atoms with Crippen LogP contribution in [0.15, 0.2) is 41.8 Å². The van der Waals surface area contributed by atoms with E-state index in [1.807, 2.05) is 23.6 Å². The molecule has 1 aliphatic rings. The topological polar surface area (TPSA) is 107 Å². The molecule has 0 saturated heterocycles. The normalized spacial score (nSPS) is 12.2. The van der Waals surface area contributed by atoms with E-state index in [0.29, 0.717) is 39.5 Å². The van der Waals surface area contributed by atoms with E-state index in [9.17, 15) is 0 Å². The minimum Gasteiger partial charge on any atom is -0.497 e. The molecule has 0 amide bonds. The molecule has 1 aliphatic heterocycles. The lowest BCUT2D eigenvalue weighted by atomic mass is 10.1. The Morgan fingerprint density at radius 2 is 1.80 bits per heavy atom. The zero-order valence-electron chi connectivity index (χ0n) is 16.2. The molecule has 9 nitrogen and oxygen atoms in total. The molecule has 0 fully saturated rings. The molecular weight excluding hydrogens is 406 g/mol. The Morgan fingerprint density at radius 3 is 2.57 bits per heavy atom. The monoisotopic (exact) mass is 423 g/mol. The number of methoxy groups -OCH3 is 2. The van der Waals surface area contributed by atoms with E-state index >= 15 is 0 Å². The first kappa shape index (κ1) is 18.3. The van der Waals surface area contributed by atoms with Crippen molar-refractivity contribution in [3.8, 4) is 50.6 Å². The Kier molecular flexibility index (Phi) is 4.40. The van der Waals surface area contributed by atoms with E-state index in [1.54, 1.807) is 32.4 Å². The maximum Gasteiger partial charge on any atom is 0.231 e. The smallest absolute Gasteiger partial charge is 0.231 e. The fourth-order valence-corrected chi connectivity index (χ4v) is 3.94. The third-order valence-electron chi connectivity index (χ3n) is 4.66. The van der Waals surface area contributed by atoms with Gasteiger partial charge in [0.1, 0.15) is 16.5 Å². The summed E-state index contributed by atoms with van der Waals surface area (Å²) in [6.07, 6.45) is 0. The average molecular weight is 423 g/mol. The summed E-state index contributed by atoms with van der Waals surface area (Å²) in [7, 11) is 3.17. The molecule has 0 radical (unpaired) electrons. The van der Waals surface area contributed by atoms with Crippen molar-refractivity contribution >= 4 is 17.2 Å². The molecule has 0 spiro atoms. The van der Waals surface area contributed by atoms with Crippen LogP contribution >= 0.6 is 11.3 Å².